The number of fused-ring (bicyclic) bond motifs is 1. The maximum Gasteiger partial charge on any atom is 0.311 e. The van der Waals surface area contributed by atoms with Crippen LogP contribution in [0.4, 0.5) is 28.7 Å². The number of hydrogen-bond donors (Lipinski definition) is 1. The number of rotatable bonds is 6. The SMILES string of the molecule is COc1ccc(C=C2Sc3nc(N(C(C)=O)c4ccc(N5CCN(C)CC5)cc4)ncc3NC2=O)cc1[N+](=O)[O-]. The number of nitrogens with one attached hydrogen (secondary N) is 1. The topological polar surface area (TPSA) is 134 Å². The minimum atomic E-state index is -0.544. The molecule has 3 heterocycles. The molecule has 206 valence electrons. The van der Waals surface area contributed by atoms with Gasteiger partial charge >= 0.3 is 5.69 Å². The molecule has 2 aromatic carbocycles. The zero-order valence-electron chi connectivity index (χ0n) is 22.2. The standard InChI is InChI=1S/C27H27N7O5S/c1-17(35)33(20-7-5-19(6-8-20)32-12-10-31(2)11-13-32)27-28-16-21-26(30-27)40-24(25(36)29-21)15-18-4-9-23(39-3)22(14-18)34(37)38/h4-9,14-16H,10-13H2,1-3H3,(H,29,36). The summed E-state index contributed by atoms with van der Waals surface area (Å²) < 4.78 is 5.05. The average molecular weight is 562 g/mol. The number of methoxy groups -OCH3 is 1. The highest BCUT2D eigenvalue weighted by molar-refractivity contribution is 8.04. The lowest BCUT2D eigenvalue weighted by Gasteiger charge is -2.34. The van der Waals surface area contributed by atoms with Gasteiger partial charge in [-0.3, -0.25) is 19.7 Å². The van der Waals surface area contributed by atoms with E-state index in [-0.39, 0.29) is 28.2 Å². The smallest absolute Gasteiger partial charge is 0.311 e. The number of nitro benzene ring substituents is 1. The van der Waals surface area contributed by atoms with E-state index in [0.717, 1.165) is 43.6 Å². The highest BCUT2D eigenvalue weighted by atomic mass is 32.2. The van der Waals surface area contributed by atoms with Crippen molar-refractivity contribution in [1.82, 2.24) is 14.9 Å². The maximum absolute atomic E-state index is 12.7. The van der Waals surface area contributed by atoms with Gasteiger partial charge < -0.3 is 19.9 Å². The highest BCUT2D eigenvalue weighted by Gasteiger charge is 2.26. The zero-order valence-corrected chi connectivity index (χ0v) is 23.0. The molecule has 0 atom stereocenters. The van der Waals surface area contributed by atoms with Gasteiger partial charge in [0.15, 0.2) is 5.75 Å². The van der Waals surface area contributed by atoms with Gasteiger partial charge in [-0.1, -0.05) is 17.8 Å². The number of benzene rings is 2. The Morgan fingerprint density at radius 2 is 1.90 bits per heavy atom. The Morgan fingerprint density at radius 1 is 1.18 bits per heavy atom. The van der Waals surface area contributed by atoms with Crippen LogP contribution in [-0.2, 0) is 9.59 Å². The normalized spacial score (nSPS) is 16.3. The molecule has 0 bridgehead atoms. The van der Waals surface area contributed by atoms with Gasteiger partial charge in [-0.05, 0) is 49.0 Å². The predicted octanol–water partition coefficient (Wildman–Crippen LogP) is 3.92. The number of nitrogens with zero attached hydrogens (tertiary/aromatic N) is 6. The number of nitro groups is 1. The fourth-order valence-electron chi connectivity index (χ4n) is 4.46. The molecule has 0 aliphatic carbocycles. The Bertz CT molecular complexity index is 1500. The molecule has 2 aliphatic rings. The third-order valence-corrected chi connectivity index (χ3v) is 7.64. The van der Waals surface area contributed by atoms with E-state index in [0.29, 0.717) is 22.0 Å². The van der Waals surface area contributed by atoms with Crippen LogP contribution in [0.15, 0.2) is 58.6 Å². The first-order chi connectivity index (χ1) is 19.2. The van der Waals surface area contributed by atoms with Crippen molar-refractivity contribution < 1.29 is 19.2 Å². The second-order valence-corrected chi connectivity index (χ2v) is 10.3. The maximum atomic E-state index is 12.7. The van der Waals surface area contributed by atoms with E-state index in [1.165, 1.54) is 43.3 Å². The summed E-state index contributed by atoms with van der Waals surface area (Å²) in [5.74, 6) is -0.369. The van der Waals surface area contributed by atoms with Gasteiger partial charge in [-0.2, -0.15) is 0 Å². The highest BCUT2D eigenvalue weighted by Crippen LogP contribution is 2.39. The average Bonchev–Trinajstić information content (AvgIpc) is 2.94. The minimum absolute atomic E-state index is 0.122. The fourth-order valence-corrected chi connectivity index (χ4v) is 5.35. The minimum Gasteiger partial charge on any atom is -0.490 e. The quantitative estimate of drug-likeness (QED) is 0.204. The number of carbonyl (C=O) groups is 2. The summed E-state index contributed by atoms with van der Waals surface area (Å²) in [6.45, 7) is 5.29. The molecule has 1 aromatic heterocycles. The molecule has 0 radical (unpaired) electrons. The number of thioether (sulfide) groups is 1. The Balaban J connectivity index is 1.41. The Kier molecular flexibility index (Phi) is 7.67. The number of likely N-dealkylation sites (N-methyl/N-ethyl adjacent to an activating group) is 1. The molecule has 1 fully saturated rings. The second-order valence-electron chi connectivity index (χ2n) is 9.30. The number of amides is 2. The van der Waals surface area contributed by atoms with Crippen LogP contribution >= 0.6 is 11.8 Å². The van der Waals surface area contributed by atoms with Crippen molar-refractivity contribution in [2.75, 3.05) is 55.5 Å². The van der Waals surface area contributed by atoms with Crippen LogP contribution in [0.25, 0.3) is 6.08 Å². The Hall–Kier alpha value is -4.49. The van der Waals surface area contributed by atoms with E-state index in [1.807, 2.05) is 24.3 Å². The summed E-state index contributed by atoms with van der Waals surface area (Å²) in [7, 11) is 3.46. The third kappa shape index (κ3) is 5.60. The second kappa shape index (κ2) is 11.3. The third-order valence-electron chi connectivity index (χ3n) is 6.61. The summed E-state index contributed by atoms with van der Waals surface area (Å²) in [6, 6.07) is 12.1. The van der Waals surface area contributed by atoms with Crippen LogP contribution in [0.2, 0.25) is 0 Å². The molecule has 2 amide bonds. The van der Waals surface area contributed by atoms with Gasteiger partial charge in [0.2, 0.25) is 11.9 Å². The van der Waals surface area contributed by atoms with Gasteiger partial charge in [0.05, 0.1) is 34.5 Å². The van der Waals surface area contributed by atoms with Crippen LogP contribution in [0.1, 0.15) is 12.5 Å². The number of carbonyl (C=O) groups excluding carboxylic acids is 2. The lowest BCUT2D eigenvalue weighted by molar-refractivity contribution is -0.385. The molecule has 0 unspecified atom stereocenters. The molecule has 5 rings (SSSR count). The molecular formula is C27H27N7O5S. The summed E-state index contributed by atoms with van der Waals surface area (Å²) in [4.78, 5) is 51.5. The van der Waals surface area contributed by atoms with E-state index in [4.69, 9.17) is 4.74 Å². The Morgan fingerprint density at radius 3 is 2.55 bits per heavy atom. The molecule has 1 saturated heterocycles. The van der Waals surface area contributed by atoms with Crippen molar-refractivity contribution >= 4 is 58.4 Å². The van der Waals surface area contributed by atoms with Gasteiger partial charge in [-0.15, -0.1) is 0 Å². The monoisotopic (exact) mass is 561 g/mol. The summed E-state index contributed by atoms with van der Waals surface area (Å²) in [5.41, 5.74) is 2.35. The molecule has 0 saturated carbocycles. The molecule has 3 aromatic rings. The molecule has 2 aliphatic heterocycles. The van der Waals surface area contributed by atoms with Crippen LogP contribution in [0, 0.1) is 10.1 Å². The lowest BCUT2D eigenvalue weighted by atomic mass is 10.1. The van der Waals surface area contributed by atoms with Crippen molar-refractivity contribution in [3.05, 3.63) is 69.2 Å². The zero-order chi connectivity index (χ0) is 28.4. The van der Waals surface area contributed by atoms with Gasteiger partial charge in [0.25, 0.3) is 5.91 Å². The van der Waals surface area contributed by atoms with Crippen molar-refractivity contribution in [2.24, 2.45) is 0 Å². The van der Waals surface area contributed by atoms with Crippen LogP contribution in [0.3, 0.4) is 0 Å². The molecule has 12 nitrogen and oxygen atoms in total. The lowest BCUT2D eigenvalue weighted by Crippen LogP contribution is -2.44. The molecule has 13 heteroatoms. The van der Waals surface area contributed by atoms with E-state index in [1.54, 1.807) is 6.07 Å². The van der Waals surface area contributed by atoms with Crippen LogP contribution in [0.5, 0.6) is 5.75 Å². The van der Waals surface area contributed by atoms with E-state index >= 15 is 0 Å². The number of aromatic nitrogens is 2. The summed E-state index contributed by atoms with van der Waals surface area (Å²) >= 11 is 1.09. The molecule has 0 spiro atoms. The van der Waals surface area contributed by atoms with Crippen molar-refractivity contribution in [2.45, 2.75) is 11.9 Å². The van der Waals surface area contributed by atoms with Crippen molar-refractivity contribution in [1.29, 1.82) is 0 Å². The van der Waals surface area contributed by atoms with Crippen LogP contribution in [-0.4, -0.2) is 71.9 Å². The number of ether oxygens (including phenoxy) is 1. The number of hydrogen-bond acceptors (Lipinski definition) is 10. The van der Waals surface area contributed by atoms with E-state index < -0.39 is 10.8 Å². The van der Waals surface area contributed by atoms with E-state index in [2.05, 4.69) is 32.1 Å². The van der Waals surface area contributed by atoms with Gasteiger partial charge in [0.1, 0.15) is 5.03 Å². The Labute approximate surface area is 234 Å². The number of piperazine rings is 1. The predicted molar refractivity (Wildman–Crippen MR) is 153 cm³/mol. The van der Waals surface area contributed by atoms with Crippen molar-refractivity contribution in [3.8, 4) is 5.75 Å². The first-order valence-electron chi connectivity index (χ1n) is 12.5. The summed E-state index contributed by atoms with van der Waals surface area (Å²) in [5, 5.41) is 14.6. The first kappa shape index (κ1) is 27.1. The van der Waals surface area contributed by atoms with E-state index in [9.17, 15) is 19.7 Å². The number of anilines is 4. The van der Waals surface area contributed by atoms with Gasteiger partial charge in [-0.25, -0.2) is 14.9 Å². The van der Waals surface area contributed by atoms with Crippen molar-refractivity contribution in [3.63, 3.8) is 0 Å². The van der Waals surface area contributed by atoms with Crippen LogP contribution < -0.4 is 19.9 Å². The fraction of sp³-hybridized carbons (Fsp3) is 0.259. The molecule has 1 N–H and O–H groups in total. The first-order valence-corrected chi connectivity index (χ1v) is 13.3. The van der Waals surface area contributed by atoms with Gasteiger partial charge in [0, 0.05) is 44.9 Å². The summed E-state index contributed by atoms with van der Waals surface area (Å²) in [6.07, 6.45) is 3.00. The largest absolute Gasteiger partial charge is 0.490 e. The molecular weight excluding hydrogens is 534 g/mol. The molecule has 40 heavy (non-hydrogen) atoms.